The first kappa shape index (κ1) is 14.0. The molecular formula is C14H15FN2O3. The zero-order valence-corrected chi connectivity index (χ0v) is 11.0. The smallest absolute Gasteiger partial charge is 0.327 e. The topological polar surface area (TPSA) is 68.3 Å². The Labute approximate surface area is 115 Å². The molecule has 2 rings (SSSR count). The monoisotopic (exact) mass is 278 g/mol. The third-order valence-electron chi connectivity index (χ3n) is 2.98. The number of nitro groups is 1. The molecule has 2 aromatic rings. The number of halogens is 1. The first-order valence-electron chi connectivity index (χ1n) is 6.29. The van der Waals surface area contributed by atoms with Gasteiger partial charge in [-0.15, -0.1) is 0 Å². The minimum absolute atomic E-state index is 0.0411. The number of hydrogen-bond acceptors (Lipinski definition) is 4. The Hall–Kier alpha value is -2.37. The summed E-state index contributed by atoms with van der Waals surface area (Å²) >= 11 is 0. The van der Waals surface area contributed by atoms with E-state index in [1.54, 1.807) is 6.26 Å². The lowest BCUT2D eigenvalue weighted by atomic mass is 10.1. The summed E-state index contributed by atoms with van der Waals surface area (Å²) in [6.45, 7) is 1.89. The summed E-state index contributed by atoms with van der Waals surface area (Å²) in [5.74, 6) is 0.0191. The number of para-hydroxylation sites is 1. The number of furan rings is 1. The molecule has 1 atom stereocenters. The van der Waals surface area contributed by atoms with Crippen molar-refractivity contribution in [2.75, 3.05) is 5.32 Å². The molecular weight excluding hydrogens is 263 g/mol. The number of nitro benzene ring substituents is 1. The fraction of sp³-hybridized carbons (Fsp3) is 0.286. The molecule has 20 heavy (non-hydrogen) atoms. The van der Waals surface area contributed by atoms with Gasteiger partial charge < -0.3 is 9.73 Å². The van der Waals surface area contributed by atoms with Crippen molar-refractivity contribution >= 4 is 11.4 Å². The Morgan fingerprint density at radius 3 is 2.85 bits per heavy atom. The minimum Gasteiger partial charge on any atom is -0.469 e. The fourth-order valence-corrected chi connectivity index (χ4v) is 1.97. The summed E-state index contributed by atoms with van der Waals surface area (Å²) in [7, 11) is 0. The number of benzene rings is 1. The van der Waals surface area contributed by atoms with Gasteiger partial charge in [-0.3, -0.25) is 10.1 Å². The van der Waals surface area contributed by atoms with E-state index in [4.69, 9.17) is 4.42 Å². The van der Waals surface area contributed by atoms with Crippen LogP contribution in [0.1, 0.15) is 19.1 Å². The molecule has 0 amide bonds. The third kappa shape index (κ3) is 3.34. The highest BCUT2D eigenvalue weighted by Gasteiger charge is 2.20. The van der Waals surface area contributed by atoms with E-state index >= 15 is 0 Å². The quantitative estimate of drug-likeness (QED) is 0.645. The molecule has 1 N–H and O–H groups in total. The maximum absolute atomic E-state index is 13.5. The number of nitrogens with one attached hydrogen (secondary N) is 1. The summed E-state index contributed by atoms with van der Waals surface area (Å²) in [6.07, 6.45) is 3.04. The van der Waals surface area contributed by atoms with Crippen molar-refractivity contribution in [3.05, 3.63) is 58.3 Å². The zero-order valence-electron chi connectivity index (χ0n) is 11.0. The highest BCUT2D eigenvalue weighted by atomic mass is 19.1. The second-order valence-electron chi connectivity index (χ2n) is 4.56. The van der Waals surface area contributed by atoms with Gasteiger partial charge in [0.2, 0.25) is 5.82 Å². The van der Waals surface area contributed by atoms with Gasteiger partial charge in [0.05, 0.1) is 11.2 Å². The average molecular weight is 278 g/mol. The van der Waals surface area contributed by atoms with Crippen LogP contribution in [0, 0.1) is 15.9 Å². The van der Waals surface area contributed by atoms with Gasteiger partial charge in [-0.25, -0.2) is 0 Å². The SMILES string of the molecule is CC(CCc1ccco1)Nc1cccc(F)c1[N+](=O)[O-]. The predicted octanol–water partition coefficient (Wildman–Crippen LogP) is 3.76. The van der Waals surface area contributed by atoms with Crippen LogP contribution >= 0.6 is 0 Å². The van der Waals surface area contributed by atoms with Crippen LogP contribution in [-0.2, 0) is 6.42 Å². The van der Waals surface area contributed by atoms with Crippen molar-refractivity contribution in [1.82, 2.24) is 0 Å². The number of nitrogens with zero attached hydrogens (tertiary/aromatic N) is 1. The Bertz CT molecular complexity index is 584. The molecule has 0 aliphatic rings. The third-order valence-corrected chi connectivity index (χ3v) is 2.98. The van der Waals surface area contributed by atoms with E-state index in [-0.39, 0.29) is 11.7 Å². The molecule has 106 valence electrons. The zero-order chi connectivity index (χ0) is 14.5. The van der Waals surface area contributed by atoms with E-state index in [0.29, 0.717) is 6.42 Å². The second-order valence-corrected chi connectivity index (χ2v) is 4.56. The highest BCUT2D eigenvalue weighted by molar-refractivity contribution is 5.62. The predicted molar refractivity (Wildman–Crippen MR) is 73.2 cm³/mol. The molecule has 0 radical (unpaired) electrons. The van der Waals surface area contributed by atoms with Crippen molar-refractivity contribution in [2.24, 2.45) is 0 Å². The molecule has 0 saturated heterocycles. The van der Waals surface area contributed by atoms with Gasteiger partial charge in [-0.2, -0.15) is 4.39 Å². The standard InChI is InChI=1S/C14H15FN2O3/c1-10(7-8-11-4-3-9-20-11)16-13-6-2-5-12(15)14(13)17(18)19/h2-6,9-10,16H,7-8H2,1H3. The minimum atomic E-state index is -0.835. The van der Waals surface area contributed by atoms with Crippen LogP contribution in [0.4, 0.5) is 15.8 Å². The van der Waals surface area contributed by atoms with E-state index in [1.807, 2.05) is 19.1 Å². The van der Waals surface area contributed by atoms with E-state index < -0.39 is 16.4 Å². The van der Waals surface area contributed by atoms with E-state index in [1.165, 1.54) is 12.1 Å². The van der Waals surface area contributed by atoms with Gasteiger partial charge in [-0.1, -0.05) is 6.07 Å². The molecule has 0 fully saturated rings. The van der Waals surface area contributed by atoms with Gasteiger partial charge >= 0.3 is 5.69 Å². The van der Waals surface area contributed by atoms with Crippen molar-refractivity contribution in [1.29, 1.82) is 0 Å². The lowest BCUT2D eigenvalue weighted by molar-refractivity contribution is -0.386. The summed E-state index contributed by atoms with van der Waals surface area (Å²) < 4.78 is 18.7. The second kappa shape index (κ2) is 6.18. The summed E-state index contributed by atoms with van der Waals surface area (Å²) in [6, 6.07) is 7.67. The van der Waals surface area contributed by atoms with Crippen LogP contribution in [0.2, 0.25) is 0 Å². The summed E-state index contributed by atoms with van der Waals surface area (Å²) in [5, 5.41) is 13.9. The first-order valence-corrected chi connectivity index (χ1v) is 6.29. The van der Waals surface area contributed by atoms with Gasteiger partial charge in [0.15, 0.2) is 0 Å². The van der Waals surface area contributed by atoms with Crippen LogP contribution in [-0.4, -0.2) is 11.0 Å². The van der Waals surface area contributed by atoms with Gasteiger partial charge in [0, 0.05) is 12.5 Å². The molecule has 0 spiro atoms. The van der Waals surface area contributed by atoms with Crippen molar-refractivity contribution in [2.45, 2.75) is 25.8 Å². The average Bonchev–Trinajstić information content (AvgIpc) is 2.89. The Morgan fingerprint density at radius 1 is 1.40 bits per heavy atom. The van der Waals surface area contributed by atoms with Crippen LogP contribution < -0.4 is 5.32 Å². The van der Waals surface area contributed by atoms with E-state index in [2.05, 4.69) is 5.32 Å². The molecule has 0 bridgehead atoms. The van der Waals surface area contributed by atoms with E-state index in [9.17, 15) is 14.5 Å². The Morgan fingerprint density at radius 2 is 2.20 bits per heavy atom. The van der Waals surface area contributed by atoms with Crippen molar-refractivity contribution in [3.63, 3.8) is 0 Å². The maximum atomic E-state index is 13.5. The molecule has 1 unspecified atom stereocenters. The van der Waals surface area contributed by atoms with Gasteiger partial charge in [0.25, 0.3) is 0 Å². The van der Waals surface area contributed by atoms with Gasteiger partial charge in [0.1, 0.15) is 11.4 Å². The van der Waals surface area contributed by atoms with Gasteiger partial charge in [-0.05, 0) is 37.6 Å². The molecule has 6 heteroatoms. The van der Waals surface area contributed by atoms with Crippen LogP contribution in [0.25, 0.3) is 0 Å². The molecule has 0 aliphatic carbocycles. The largest absolute Gasteiger partial charge is 0.469 e. The molecule has 1 aromatic heterocycles. The van der Waals surface area contributed by atoms with E-state index in [0.717, 1.165) is 18.2 Å². The van der Waals surface area contributed by atoms with Crippen LogP contribution in [0.15, 0.2) is 41.0 Å². The molecule has 5 nitrogen and oxygen atoms in total. The van der Waals surface area contributed by atoms with Crippen molar-refractivity contribution < 1.29 is 13.7 Å². The first-order chi connectivity index (χ1) is 9.58. The number of aryl methyl sites for hydroxylation is 1. The number of anilines is 1. The summed E-state index contributed by atoms with van der Waals surface area (Å²) in [4.78, 5) is 10.2. The fourth-order valence-electron chi connectivity index (χ4n) is 1.97. The lowest BCUT2D eigenvalue weighted by Gasteiger charge is -2.14. The van der Waals surface area contributed by atoms with Crippen LogP contribution in [0.3, 0.4) is 0 Å². The van der Waals surface area contributed by atoms with Crippen molar-refractivity contribution in [3.8, 4) is 0 Å². The molecule has 0 aliphatic heterocycles. The Balaban J connectivity index is 2.02. The lowest BCUT2D eigenvalue weighted by Crippen LogP contribution is -2.17. The normalized spacial score (nSPS) is 12.1. The highest BCUT2D eigenvalue weighted by Crippen LogP contribution is 2.28. The van der Waals surface area contributed by atoms with Crippen LogP contribution in [0.5, 0.6) is 0 Å². The number of hydrogen-bond donors (Lipinski definition) is 1. The maximum Gasteiger partial charge on any atom is 0.327 e. The molecule has 1 heterocycles. The Kier molecular flexibility index (Phi) is 4.34. The summed E-state index contributed by atoms with van der Waals surface area (Å²) in [5.41, 5.74) is -0.320. The molecule has 0 saturated carbocycles. The molecule has 1 aromatic carbocycles. The number of rotatable bonds is 6.